The van der Waals surface area contributed by atoms with Crippen molar-refractivity contribution >= 4 is 73.5 Å². The quantitative estimate of drug-likeness (QED) is 0.275. The number of hydrogen-bond donors (Lipinski definition) is 1. The molecule has 1 aliphatic heterocycles. The van der Waals surface area contributed by atoms with E-state index in [1.165, 1.54) is 40.9 Å². The molecule has 1 aliphatic rings. The predicted molar refractivity (Wildman–Crippen MR) is 120 cm³/mol. The third kappa shape index (κ3) is 5.49. The normalized spacial score (nSPS) is 15.1. The van der Waals surface area contributed by atoms with Gasteiger partial charge in [0.25, 0.3) is 11.6 Å². The Labute approximate surface area is 184 Å². The van der Waals surface area contributed by atoms with Crippen LogP contribution in [0.25, 0.3) is 6.08 Å². The highest BCUT2D eigenvalue weighted by atomic mass is 79.9. The highest BCUT2D eigenvalue weighted by Crippen LogP contribution is 2.32. The molecule has 1 N–H and O–H groups in total. The van der Waals surface area contributed by atoms with Crippen molar-refractivity contribution < 1.29 is 14.5 Å². The second-order valence-electron chi connectivity index (χ2n) is 5.99. The van der Waals surface area contributed by atoms with Crippen LogP contribution in [0.2, 0.25) is 0 Å². The molecule has 1 saturated heterocycles. The average molecular weight is 492 g/mol. The van der Waals surface area contributed by atoms with E-state index in [9.17, 15) is 19.7 Å². The van der Waals surface area contributed by atoms with Gasteiger partial charge in [-0.05, 0) is 35.9 Å². The van der Waals surface area contributed by atoms with E-state index in [1.54, 1.807) is 6.08 Å². The summed E-state index contributed by atoms with van der Waals surface area (Å²) in [6.07, 6.45) is 1.82. The van der Waals surface area contributed by atoms with Crippen molar-refractivity contribution in [3.63, 3.8) is 0 Å². The standard InChI is InChI=1S/C19H14BrN3O4S2/c20-13-3-1-12(2-4-13)11-16-18(25)22(19(28)29-16)10-9-17(24)21-14-5-7-15(8-6-14)23(26)27/h1-8,11H,9-10H2,(H,21,24)/b16-11-. The summed E-state index contributed by atoms with van der Waals surface area (Å²) in [5.74, 6) is -0.546. The third-order valence-electron chi connectivity index (χ3n) is 3.97. The average Bonchev–Trinajstić information content (AvgIpc) is 2.95. The largest absolute Gasteiger partial charge is 0.326 e. The van der Waals surface area contributed by atoms with Gasteiger partial charge in [0.2, 0.25) is 5.91 Å². The van der Waals surface area contributed by atoms with Gasteiger partial charge in [-0.1, -0.05) is 52.0 Å². The van der Waals surface area contributed by atoms with Crippen molar-refractivity contribution in [2.75, 3.05) is 11.9 Å². The predicted octanol–water partition coefficient (Wildman–Crippen LogP) is 4.59. The van der Waals surface area contributed by atoms with Gasteiger partial charge in [-0.3, -0.25) is 24.6 Å². The van der Waals surface area contributed by atoms with Gasteiger partial charge in [-0.2, -0.15) is 0 Å². The molecule has 3 rings (SSSR count). The van der Waals surface area contributed by atoms with Crippen LogP contribution in [0.3, 0.4) is 0 Å². The Morgan fingerprint density at radius 2 is 1.86 bits per heavy atom. The lowest BCUT2D eigenvalue weighted by Gasteiger charge is -2.14. The summed E-state index contributed by atoms with van der Waals surface area (Å²) in [5, 5.41) is 13.3. The summed E-state index contributed by atoms with van der Waals surface area (Å²) in [7, 11) is 0. The van der Waals surface area contributed by atoms with Gasteiger partial charge < -0.3 is 5.32 Å². The van der Waals surface area contributed by atoms with Gasteiger partial charge in [0.1, 0.15) is 4.32 Å². The zero-order chi connectivity index (χ0) is 21.0. The van der Waals surface area contributed by atoms with E-state index >= 15 is 0 Å². The number of rotatable bonds is 6. The molecule has 29 heavy (non-hydrogen) atoms. The fourth-order valence-electron chi connectivity index (χ4n) is 2.51. The number of amides is 2. The fraction of sp³-hybridized carbons (Fsp3) is 0.105. The summed E-state index contributed by atoms with van der Waals surface area (Å²) < 4.78 is 1.35. The number of carbonyl (C=O) groups is 2. The zero-order valence-corrected chi connectivity index (χ0v) is 18.1. The van der Waals surface area contributed by atoms with Gasteiger partial charge in [-0.25, -0.2) is 0 Å². The van der Waals surface area contributed by atoms with Crippen LogP contribution in [0.5, 0.6) is 0 Å². The van der Waals surface area contributed by atoms with Crippen LogP contribution in [-0.2, 0) is 9.59 Å². The first-order valence-corrected chi connectivity index (χ1v) is 10.4. The second-order valence-corrected chi connectivity index (χ2v) is 8.58. The molecule has 148 valence electrons. The van der Waals surface area contributed by atoms with E-state index in [0.29, 0.717) is 14.9 Å². The maximum absolute atomic E-state index is 12.6. The molecule has 2 amide bonds. The monoisotopic (exact) mass is 491 g/mol. The highest BCUT2D eigenvalue weighted by molar-refractivity contribution is 9.10. The number of non-ortho nitro benzene ring substituents is 1. The molecule has 0 unspecified atom stereocenters. The molecule has 10 heteroatoms. The Hall–Kier alpha value is -2.56. The number of anilines is 1. The summed E-state index contributed by atoms with van der Waals surface area (Å²) >= 11 is 9.85. The van der Waals surface area contributed by atoms with Gasteiger partial charge >= 0.3 is 0 Å². The van der Waals surface area contributed by atoms with Crippen molar-refractivity contribution in [1.82, 2.24) is 4.90 Å². The molecule has 0 radical (unpaired) electrons. The number of halogens is 1. The fourth-order valence-corrected chi connectivity index (χ4v) is 4.08. The Balaban J connectivity index is 1.57. The SMILES string of the molecule is O=C(CCN1C(=O)/C(=C/c2ccc(Br)cc2)SC1=S)Nc1ccc([N+](=O)[O-])cc1. The number of carbonyl (C=O) groups excluding carboxylic acids is 2. The van der Waals surface area contributed by atoms with E-state index in [2.05, 4.69) is 21.2 Å². The smallest absolute Gasteiger partial charge is 0.269 e. The van der Waals surface area contributed by atoms with E-state index < -0.39 is 4.92 Å². The van der Waals surface area contributed by atoms with Gasteiger partial charge in [-0.15, -0.1) is 0 Å². The second kappa shape index (κ2) is 9.29. The van der Waals surface area contributed by atoms with Crippen LogP contribution in [0.1, 0.15) is 12.0 Å². The first-order chi connectivity index (χ1) is 13.8. The molecule has 1 heterocycles. The van der Waals surface area contributed by atoms with Crippen LogP contribution in [0.15, 0.2) is 57.9 Å². The lowest BCUT2D eigenvalue weighted by Crippen LogP contribution is -2.31. The summed E-state index contributed by atoms with van der Waals surface area (Å²) in [4.78, 5) is 36.8. The maximum atomic E-state index is 12.6. The first kappa shape index (κ1) is 21.2. The topological polar surface area (TPSA) is 92.6 Å². The Bertz CT molecular complexity index is 1010. The van der Waals surface area contributed by atoms with E-state index in [-0.39, 0.29) is 30.5 Å². The molecule has 0 spiro atoms. The molecule has 2 aromatic rings. The summed E-state index contributed by atoms with van der Waals surface area (Å²) in [5.41, 5.74) is 1.27. The lowest BCUT2D eigenvalue weighted by atomic mass is 10.2. The molecular formula is C19H14BrN3O4S2. The Morgan fingerprint density at radius 3 is 2.48 bits per heavy atom. The molecular weight excluding hydrogens is 478 g/mol. The van der Waals surface area contributed by atoms with Crippen LogP contribution in [0, 0.1) is 10.1 Å². The molecule has 0 aliphatic carbocycles. The van der Waals surface area contributed by atoms with Crippen molar-refractivity contribution in [2.24, 2.45) is 0 Å². The number of nitrogens with one attached hydrogen (secondary N) is 1. The molecule has 1 fully saturated rings. The number of benzene rings is 2. The maximum Gasteiger partial charge on any atom is 0.269 e. The lowest BCUT2D eigenvalue weighted by molar-refractivity contribution is -0.384. The number of thioether (sulfide) groups is 1. The van der Waals surface area contributed by atoms with Crippen molar-refractivity contribution in [2.45, 2.75) is 6.42 Å². The van der Waals surface area contributed by atoms with Crippen molar-refractivity contribution in [3.05, 3.63) is 73.6 Å². The third-order valence-corrected chi connectivity index (χ3v) is 5.87. The number of nitro benzene ring substituents is 1. The molecule has 7 nitrogen and oxygen atoms in total. The van der Waals surface area contributed by atoms with Crippen molar-refractivity contribution in [3.8, 4) is 0 Å². The molecule has 0 saturated carbocycles. The van der Waals surface area contributed by atoms with E-state index in [1.807, 2.05) is 24.3 Å². The van der Waals surface area contributed by atoms with E-state index in [0.717, 1.165) is 10.0 Å². The summed E-state index contributed by atoms with van der Waals surface area (Å²) in [6, 6.07) is 13.1. The zero-order valence-electron chi connectivity index (χ0n) is 14.8. The minimum atomic E-state index is -0.511. The Morgan fingerprint density at radius 1 is 1.21 bits per heavy atom. The number of nitrogens with zero attached hydrogens (tertiary/aromatic N) is 2. The molecule has 0 aromatic heterocycles. The van der Waals surface area contributed by atoms with Crippen LogP contribution in [0.4, 0.5) is 11.4 Å². The van der Waals surface area contributed by atoms with Crippen LogP contribution in [-0.4, -0.2) is 32.5 Å². The first-order valence-electron chi connectivity index (χ1n) is 8.39. The van der Waals surface area contributed by atoms with Gasteiger partial charge in [0.05, 0.1) is 9.83 Å². The van der Waals surface area contributed by atoms with E-state index in [4.69, 9.17) is 12.2 Å². The molecule has 2 aromatic carbocycles. The Kier molecular flexibility index (Phi) is 6.78. The van der Waals surface area contributed by atoms with Gasteiger partial charge in [0, 0.05) is 35.3 Å². The number of thiocarbonyl (C=S) groups is 1. The minimum Gasteiger partial charge on any atom is -0.326 e. The minimum absolute atomic E-state index is 0.0506. The molecule has 0 atom stereocenters. The highest BCUT2D eigenvalue weighted by Gasteiger charge is 2.32. The van der Waals surface area contributed by atoms with Crippen LogP contribution < -0.4 is 5.32 Å². The van der Waals surface area contributed by atoms with Crippen molar-refractivity contribution in [1.29, 1.82) is 0 Å². The number of hydrogen-bond acceptors (Lipinski definition) is 6. The van der Waals surface area contributed by atoms with Gasteiger partial charge in [0.15, 0.2) is 0 Å². The number of nitro groups is 1. The molecule has 0 bridgehead atoms. The van der Waals surface area contributed by atoms with Crippen LogP contribution >= 0.6 is 39.9 Å². The summed E-state index contributed by atoms with van der Waals surface area (Å²) in [6.45, 7) is 0.154.